The van der Waals surface area contributed by atoms with Crippen LogP contribution >= 0.6 is 11.8 Å². The highest BCUT2D eigenvalue weighted by molar-refractivity contribution is 7.98. The zero-order valence-corrected chi connectivity index (χ0v) is 11.9. The van der Waals surface area contributed by atoms with Crippen LogP contribution in [0.3, 0.4) is 0 Å². The lowest BCUT2D eigenvalue weighted by Gasteiger charge is -2.15. The number of thioether (sulfide) groups is 1. The van der Waals surface area contributed by atoms with Crippen LogP contribution in [0.25, 0.3) is 5.69 Å². The van der Waals surface area contributed by atoms with E-state index in [0.29, 0.717) is 5.56 Å². The fourth-order valence-corrected chi connectivity index (χ4v) is 3.53. The van der Waals surface area contributed by atoms with Crippen molar-refractivity contribution in [3.05, 3.63) is 47.3 Å². The van der Waals surface area contributed by atoms with Crippen LogP contribution in [0.2, 0.25) is 0 Å². The van der Waals surface area contributed by atoms with Crippen LogP contribution in [0, 0.1) is 0 Å². The van der Waals surface area contributed by atoms with E-state index >= 15 is 0 Å². The molecule has 0 unspecified atom stereocenters. The summed E-state index contributed by atoms with van der Waals surface area (Å²) in [6, 6.07) is 7.68. The second-order valence-electron chi connectivity index (χ2n) is 4.64. The first kappa shape index (κ1) is 13.1. The first-order valence-electron chi connectivity index (χ1n) is 6.39. The number of methoxy groups -OCH3 is 1. The van der Waals surface area contributed by atoms with Crippen LogP contribution in [0.5, 0.6) is 5.75 Å². The third-order valence-electron chi connectivity index (χ3n) is 3.53. The van der Waals surface area contributed by atoms with Crippen molar-refractivity contribution in [1.82, 2.24) is 4.57 Å². The average Bonchev–Trinajstić information content (AvgIpc) is 2.87. The Morgan fingerprint density at radius 2 is 2.10 bits per heavy atom. The van der Waals surface area contributed by atoms with Crippen LogP contribution in [0.4, 0.5) is 0 Å². The van der Waals surface area contributed by atoms with Gasteiger partial charge in [0.15, 0.2) is 0 Å². The third kappa shape index (κ3) is 2.18. The van der Waals surface area contributed by atoms with E-state index in [1.807, 2.05) is 28.8 Å². The van der Waals surface area contributed by atoms with Crippen molar-refractivity contribution in [2.24, 2.45) is 0 Å². The van der Waals surface area contributed by atoms with Gasteiger partial charge in [-0.2, -0.15) is 11.8 Å². The van der Waals surface area contributed by atoms with Gasteiger partial charge in [-0.3, -0.25) is 0 Å². The highest BCUT2D eigenvalue weighted by atomic mass is 32.2. The summed E-state index contributed by atoms with van der Waals surface area (Å²) >= 11 is 1.79. The van der Waals surface area contributed by atoms with E-state index in [-0.39, 0.29) is 0 Å². The van der Waals surface area contributed by atoms with Gasteiger partial charge in [0.2, 0.25) is 0 Å². The lowest BCUT2D eigenvalue weighted by molar-refractivity contribution is 0.0696. The quantitative estimate of drug-likeness (QED) is 0.944. The van der Waals surface area contributed by atoms with E-state index in [1.165, 1.54) is 0 Å². The monoisotopic (exact) mass is 289 g/mol. The number of hydrogen-bond acceptors (Lipinski definition) is 3. The molecule has 0 amide bonds. The van der Waals surface area contributed by atoms with Gasteiger partial charge in [0.05, 0.1) is 12.7 Å². The minimum absolute atomic E-state index is 0.419. The molecule has 0 saturated carbocycles. The van der Waals surface area contributed by atoms with Crippen molar-refractivity contribution in [2.75, 3.05) is 12.9 Å². The summed E-state index contributed by atoms with van der Waals surface area (Å²) in [6.45, 7) is 0. The van der Waals surface area contributed by atoms with Crippen molar-refractivity contribution in [3.8, 4) is 11.4 Å². The van der Waals surface area contributed by atoms with Crippen molar-refractivity contribution < 1.29 is 14.6 Å². The zero-order chi connectivity index (χ0) is 14.1. The van der Waals surface area contributed by atoms with Crippen molar-refractivity contribution in [3.63, 3.8) is 0 Å². The largest absolute Gasteiger partial charge is 0.497 e. The summed E-state index contributed by atoms with van der Waals surface area (Å²) in [7, 11) is 1.63. The molecular formula is C15H15NO3S. The minimum Gasteiger partial charge on any atom is -0.497 e. The van der Waals surface area contributed by atoms with Gasteiger partial charge in [-0.05, 0) is 42.0 Å². The SMILES string of the molecule is COc1ccc(-n2cc(C(=O)O)c3c2CCSC3)cc1. The summed E-state index contributed by atoms with van der Waals surface area (Å²) in [6.07, 6.45) is 2.64. The predicted molar refractivity (Wildman–Crippen MR) is 79.1 cm³/mol. The first-order valence-corrected chi connectivity index (χ1v) is 7.54. The summed E-state index contributed by atoms with van der Waals surface area (Å²) in [5.41, 5.74) is 3.47. The van der Waals surface area contributed by atoms with Crippen molar-refractivity contribution in [2.45, 2.75) is 12.2 Å². The predicted octanol–water partition coefficient (Wildman–Crippen LogP) is 2.97. The Bertz CT molecular complexity index is 646. The van der Waals surface area contributed by atoms with Crippen molar-refractivity contribution in [1.29, 1.82) is 0 Å². The fraction of sp³-hybridized carbons (Fsp3) is 0.267. The molecule has 20 heavy (non-hydrogen) atoms. The molecule has 1 N–H and O–H groups in total. The van der Waals surface area contributed by atoms with Crippen molar-refractivity contribution >= 4 is 17.7 Å². The van der Waals surface area contributed by atoms with Gasteiger partial charge in [0, 0.05) is 23.3 Å². The van der Waals surface area contributed by atoms with Gasteiger partial charge in [-0.15, -0.1) is 0 Å². The maximum atomic E-state index is 11.4. The van der Waals surface area contributed by atoms with Crippen LogP contribution in [-0.2, 0) is 12.2 Å². The Hall–Kier alpha value is -1.88. The molecule has 2 aromatic rings. The van der Waals surface area contributed by atoms with Crippen LogP contribution in [0.15, 0.2) is 30.5 Å². The average molecular weight is 289 g/mol. The van der Waals surface area contributed by atoms with Gasteiger partial charge in [-0.1, -0.05) is 0 Å². The fourth-order valence-electron chi connectivity index (χ4n) is 2.52. The molecule has 1 aliphatic rings. The number of nitrogens with zero attached hydrogens (tertiary/aromatic N) is 1. The second kappa shape index (κ2) is 5.25. The van der Waals surface area contributed by atoms with E-state index < -0.39 is 5.97 Å². The van der Waals surface area contributed by atoms with Gasteiger partial charge in [0.25, 0.3) is 0 Å². The molecule has 0 saturated heterocycles. The molecule has 1 aliphatic heterocycles. The number of aromatic carboxylic acids is 1. The van der Waals surface area contributed by atoms with E-state index in [4.69, 9.17) is 4.74 Å². The zero-order valence-electron chi connectivity index (χ0n) is 11.1. The van der Waals surface area contributed by atoms with Gasteiger partial charge < -0.3 is 14.4 Å². The Morgan fingerprint density at radius 1 is 1.35 bits per heavy atom. The van der Waals surface area contributed by atoms with Gasteiger partial charge in [-0.25, -0.2) is 4.79 Å². The lowest BCUT2D eigenvalue weighted by atomic mass is 10.1. The highest BCUT2D eigenvalue weighted by Gasteiger charge is 2.23. The highest BCUT2D eigenvalue weighted by Crippen LogP contribution is 2.31. The molecule has 4 nitrogen and oxygen atoms in total. The number of carbonyl (C=O) groups is 1. The Labute approximate surface area is 121 Å². The number of rotatable bonds is 3. The maximum Gasteiger partial charge on any atom is 0.337 e. The normalized spacial score (nSPS) is 13.8. The molecule has 0 aliphatic carbocycles. The standard InChI is InChI=1S/C15H15NO3S/c1-19-11-4-2-10(3-5-11)16-8-12(15(17)18)13-9-20-7-6-14(13)16/h2-5,8H,6-7,9H2,1H3,(H,17,18). The maximum absolute atomic E-state index is 11.4. The summed E-state index contributed by atoms with van der Waals surface area (Å²) in [5, 5.41) is 9.34. The van der Waals surface area contributed by atoms with Crippen LogP contribution in [-0.4, -0.2) is 28.5 Å². The molecular weight excluding hydrogens is 274 g/mol. The lowest BCUT2D eigenvalue weighted by Crippen LogP contribution is -2.08. The number of hydrogen-bond donors (Lipinski definition) is 1. The Morgan fingerprint density at radius 3 is 2.75 bits per heavy atom. The van der Waals surface area contributed by atoms with E-state index in [0.717, 1.165) is 40.6 Å². The minimum atomic E-state index is -0.851. The molecule has 104 valence electrons. The number of benzene rings is 1. The molecule has 3 rings (SSSR count). The van der Waals surface area contributed by atoms with Crippen LogP contribution < -0.4 is 4.74 Å². The molecule has 0 radical (unpaired) electrons. The van der Waals surface area contributed by atoms with E-state index in [9.17, 15) is 9.90 Å². The molecule has 1 aromatic heterocycles. The van der Waals surface area contributed by atoms with E-state index in [2.05, 4.69) is 0 Å². The Kier molecular flexibility index (Phi) is 3.44. The van der Waals surface area contributed by atoms with E-state index in [1.54, 1.807) is 25.1 Å². The molecule has 0 spiro atoms. The van der Waals surface area contributed by atoms with Gasteiger partial charge >= 0.3 is 5.97 Å². The molecule has 0 bridgehead atoms. The molecule has 2 heterocycles. The second-order valence-corrected chi connectivity index (χ2v) is 5.75. The number of aromatic nitrogens is 1. The smallest absolute Gasteiger partial charge is 0.337 e. The van der Waals surface area contributed by atoms with Crippen LogP contribution in [0.1, 0.15) is 21.6 Å². The molecule has 0 atom stereocenters. The molecule has 0 fully saturated rings. The molecule has 1 aromatic carbocycles. The number of carboxylic acids is 1. The number of ether oxygens (including phenoxy) is 1. The third-order valence-corrected chi connectivity index (χ3v) is 4.52. The summed E-state index contributed by atoms with van der Waals surface area (Å²) in [5.74, 6) is 1.76. The summed E-state index contributed by atoms with van der Waals surface area (Å²) in [4.78, 5) is 11.4. The Balaban J connectivity index is 2.10. The topological polar surface area (TPSA) is 51.5 Å². The number of fused-ring (bicyclic) bond motifs is 1. The number of carboxylic acid groups (broad SMARTS) is 1. The first-order chi connectivity index (χ1) is 9.70. The summed E-state index contributed by atoms with van der Waals surface area (Å²) < 4.78 is 7.15. The molecule has 5 heteroatoms. The van der Waals surface area contributed by atoms with Gasteiger partial charge in [0.1, 0.15) is 5.75 Å².